The summed E-state index contributed by atoms with van der Waals surface area (Å²) in [6, 6.07) is 11.6. The molecule has 0 atom stereocenters. The van der Waals surface area contributed by atoms with Crippen LogP contribution in [0, 0.1) is 16.7 Å². The number of hydrogen-bond donors (Lipinski definition) is 2. The van der Waals surface area contributed by atoms with Crippen molar-refractivity contribution in [2.75, 3.05) is 30.4 Å². The van der Waals surface area contributed by atoms with Crippen molar-refractivity contribution in [3.05, 3.63) is 47.7 Å². The Balaban J connectivity index is 1.59. The van der Waals surface area contributed by atoms with Gasteiger partial charge in [0.15, 0.2) is 5.69 Å². The number of aromatic nitrogens is 1. The van der Waals surface area contributed by atoms with Gasteiger partial charge in [0.2, 0.25) is 0 Å². The summed E-state index contributed by atoms with van der Waals surface area (Å²) in [6.45, 7) is 1.99. The summed E-state index contributed by atoms with van der Waals surface area (Å²) >= 11 is 0. The molecule has 1 aromatic heterocycles. The molecule has 156 valence electrons. The van der Waals surface area contributed by atoms with Crippen LogP contribution < -0.4 is 10.2 Å². The molecule has 2 saturated carbocycles. The van der Waals surface area contributed by atoms with E-state index in [2.05, 4.69) is 15.2 Å². The van der Waals surface area contributed by atoms with Gasteiger partial charge in [-0.2, -0.15) is 0 Å². The van der Waals surface area contributed by atoms with Crippen molar-refractivity contribution < 1.29 is 9.53 Å². The number of pyridine rings is 1. The molecule has 6 heteroatoms. The first-order valence-corrected chi connectivity index (χ1v) is 10.9. The van der Waals surface area contributed by atoms with Crippen LogP contribution in [0.1, 0.15) is 54.6 Å². The lowest BCUT2D eigenvalue weighted by Gasteiger charge is -2.57. The van der Waals surface area contributed by atoms with Gasteiger partial charge >= 0.3 is 5.97 Å². The van der Waals surface area contributed by atoms with E-state index in [1.54, 1.807) is 0 Å². The zero-order valence-electron chi connectivity index (χ0n) is 17.4. The number of carbonyl (C=O) groups is 1. The smallest absolute Gasteiger partial charge is 0.356 e. The van der Waals surface area contributed by atoms with Crippen molar-refractivity contribution in [2.45, 2.75) is 38.5 Å². The molecule has 1 saturated heterocycles. The Bertz CT molecular complexity index is 972. The van der Waals surface area contributed by atoms with Crippen LogP contribution in [0.5, 0.6) is 0 Å². The Morgan fingerprint density at radius 2 is 1.93 bits per heavy atom. The van der Waals surface area contributed by atoms with Gasteiger partial charge in [0, 0.05) is 35.8 Å². The predicted octanol–water partition coefficient (Wildman–Crippen LogP) is 4.77. The fraction of sp³-hybridized carbons (Fsp3) is 0.458. The van der Waals surface area contributed by atoms with E-state index in [1.807, 2.05) is 36.4 Å². The minimum atomic E-state index is -0.451. The first-order chi connectivity index (χ1) is 14.6. The number of hydrogen-bond acceptors (Lipinski definition) is 6. The minimum Gasteiger partial charge on any atom is -0.464 e. The second kappa shape index (κ2) is 7.42. The van der Waals surface area contributed by atoms with Crippen molar-refractivity contribution in [3.63, 3.8) is 0 Å². The molecule has 6 nitrogen and oxygen atoms in total. The number of para-hydroxylation sites is 1. The standard InChI is InChI=1S/C24H28N4O2/c1-30-23(29)18-13-19(28-14-24(15-28)11-6-12-24)20(21(25)16-7-5-8-16)22(27-18)26-17-9-3-2-4-10-17/h2-4,9-10,13,16,25H,5-8,11-12,14-15H2,1H3,(H,26,27). The van der Waals surface area contributed by atoms with Crippen LogP contribution in [-0.4, -0.2) is 36.9 Å². The molecule has 2 N–H and O–H groups in total. The molecule has 1 spiro atoms. The quantitative estimate of drug-likeness (QED) is 0.536. The van der Waals surface area contributed by atoms with Crippen molar-refractivity contribution in [1.29, 1.82) is 5.41 Å². The van der Waals surface area contributed by atoms with Gasteiger partial charge in [-0.3, -0.25) is 0 Å². The molecule has 1 aromatic carbocycles. The molecule has 2 heterocycles. The molecule has 0 radical (unpaired) electrons. The number of carbonyl (C=O) groups excluding carboxylic acids is 1. The second-order valence-corrected chi connectivity index (χ2v) is 8.98. The van der Waals surface area contributed by atoms with Gasteiger partial charge in [-0.15, -0.1) is 0 Å². The molecule has 1 aliphatic heterocycles. The predicted molar refractivity (Wildman–Crippen MR) is 118 cm³/mol. The fourth-order valence-corrected chi connectivity index (χ4v) is 4.83. The van der Waals surface area contributed by atoms with E-state index in [4.69, 9.17) is 10.1 Å². The normalized spacial score (nSPS) is 19.4. The van der Waals surface area contributed by atoms with Crippen LogP contribution in [0.25, 0.3) is 0 Å². The Hall–Kier alpha value is -2.89. The number of nitrogens with one attached hydrogen (secondary N) is 2. The fourth-order valence-electron chi connectivity index (χ4n) is 4.83. The van der Waals surface area contributed by atoms with Crippen LogP contribution >= 0.6 is 0 Å². The molecule has 30 heavy (non-hydrogen) atoms. The Morgan fingerprint density at radius 3 is 2.50 bits per heavy atom. The van der Waals surface area contributed by atoms with Gasteiger partial charge in [0.25, 0.3) is 0 Å². The number of ether oxygens (including phenoxy) is 1. The van der Waals surface area contributed by atoms with E-state index in [-0.39, 0.29) is 11.6 Å². The lowest BCUT2D eigenvalue weighted by Crippen LogP contribution is -2.60. The molecular formula is C24H28N4O2. The SMILES string of the molecule is COC(=O)c1cc(N2CC3(CCC3)C2)c(C(=N)C2CCC2)c(Nc2ccccc2)n1. The molecular weight excluding hydrogens is 376 g/mol. The van der Waals surface area contributed by atoms with E-state index < -0.39 is 5.97 Å². The van der Waals surface area contributed by atoms with Gasteiger partial charge in [0.1, 0.15) is 5.82 Å². The highest BCUT2D eigenvalue weighted by atomic mass is 16.5. The maximum absolute atomic E-state index is 12.4. The zero-order valence-corrected chi connectivity index (χ0v) is 17.4. The van der Waals surface area contributed by atoms with E-state index in [0.29, 0.717) is 16.9 Å². The largest absolute Gasteiger partial charge is 0.464 e. The number of methoxy groups -OCH3 is 1. The average Bonchev–Trinajstić information content (AvgIpc) is 2.64. The number of benzene rings is 1. The maximum Gasteiger partial charge on any atom is 0.356 e. The first kappa shape index (κ1) is 19.1. The van der Waals surface area contributed by atoms with Gasteiger partial charge in [-0.25, -0.2) is 9.78 Å². The average molecular weight is 405 g/mol. The van der Waals surface area contributed by atoms with Crippen LogP contribution in [0.2, 0.25) is 0 Å². The van der Waals surface area contributed by atoms with E-state index in [1.165, 1.54) is 32.8 Å². The number of anilines is 3. The van der Waals surface area contributed by atoms with Crippen LogP contribution in [0.4, 0.5) is 17.2 Å². The number of rotatable bonds is 6. The maximum atomic E-state index is 12.4. The Kier molecular flexibility index (Phi) is 4.72. The molecule has 0 amide bonds. The van der Waals surface area contributed by atoms with Gasteiger partial charge < -0.3 is 20.4 Å². The van der Waals surface area contributed by atoms with E-state index in [0.717, 1.165) is 42.9 Å². The molecule has 2 aliphatic carbocycles. The van der Waals surface area contributed by atoms with Crippen molar-refractivity contribution in [3.8, 4) is 0 Å². The first-order valence-electron chi connectivity index (χ1n) is 10.9. The van der Waals surface area contributed by atoms with E-state index >= 15 is 0 Å². The summed E-state index contributed by atoms with van der Waals surface area (Å²) < 4.78 is 4.98. The lowest BCUT2D eigenvalue weighted by atomic mass is 9.63. The van der Waals surface area contributed by atoms with Crippen LogP contribution in [0.3, 0.4) is 0 Å². The molecule has 0 bridgehead atoms. The molecule has 5 rings (SSSR count). The second-order valence-electron chi connectivity index (χ2n) is 8.98. The lowest BCUT2D eigenvalue weighted by molar-refractivity contribution is 0.0594. The van der Waals surface area contributed by atoms with Gasteiger partial charge in [0.05, 0.1) is 18.4 Å². The molecule has 2 aromatic rings. The number of nitrogens with zero attached hydrogens (tertiary/aromatic N) is 2. The molecule has 0 unspecified atom stereocenters. The molecule has 3 aliphatic rings. The molecule has 3 fully saturated rings. The topological polar surface area (TPSA) is 78.3 Å². The van der Waals surface area contributed by atoms with Crippen molar-refractivity contribution >= 4 is 28.9 Å². The van der Waals surface area contributed by atoms with Gasteiger partial charge in [-0.05, 0) is 43.9 Å². The van der Waals surface area contributed by atoms with Crippen LogP contribution in [-0.2, 0) is 4.74 Å². The minimum absolute atomic E-state index is 0.268. The highest BCUT2D eigenvalue weighted by Gasteiger charge is 2.48. The highest BCUT2D eigenvalue weighted by molar-refractivity contribution is 6.10. The summed E-state index contributed by atoms with van der Waals surface area (Å²) in [4.78, 5) is 19.3. The van der Waals surface area contributed by atoms with Gasteiger partial charge in [-0.1, -0.05) is 31.0 Å². The van der Waals surface area contributed by atoms with Crippen molar-refractivity contribution in [1.82, 2.24) is 4.98 Å². The third-order valence-electron chi connectivity index (χ3n) is 7.02. The third-order valence-corrected chi connectivity index (χ3v) is 7.02. The van der Waals surface area contributed by atoms with E-state index in [9.17, 15) is 4.79 Å². The monoisotopic (exact) mass is 404 g/mol. The van der Waals surface area contributed by atoms with Crippen LogP contribution in [0.15, 0.2) is 36.4 Å². The third kappa shape index (κ3) is 3.24. The summed E-state index contributed by atoms with van der Waals surface area (Å²) in [6.07, 6.45) is 7.14. The zero-order chi connectivity index (χ0) is 20.7. The number of esters is 1. The summed E-state index contributed by atoms with van der Waals surface area (Å²) in [5.41, 5.74) is 4.03. The Labute approximate surface area is 177 Å². The summed E-state index contributed by atoms with van der Waals surface area (Å²) in [7, 11) is 1.38. The summed E-state index contributed by atoms with van der Waals surface area (Å²) in [5.74, 6) is 0.392. The summed E-state index contributed by atoms with van der Waals surface area (Å²) in [5, 5.41) is 12.4. The van der Waals surface area contributed by atoms with Crippen molar-refractivity contribution in [2.24, 2.45) is 11.3 Å². The Morgan fingerprint density at radius 1 is 1.20 bits per heavy atom. The highest BCUT2D eigenvalue weighted by Crippen LogP contribution is 2.51.